The van der Waals surface area contributed by atoms with Crippen LogP contribution in [0.3, 0.4) is 0 Å². The van der Waals surface area contributed by atoms with Crippen molar-refractivity contribution >= 4 is 29.9 Å². The van der Waals surface area contributed by atoms with Crippen LogP contribution in [0.25, 0.3) is 0 Å². The number of rotatable bonds is 8. The van der Waals surface area contributed by atoms with Gasteiger partial charge in [0.05, 0.1) is 13.2 Å². The quantitative estimate of drug-likeness (QED) is 0.249. The molecule has 0 bridgehead atoms. The van der Waals surface area contributed by atoms with E-state index in [0.717, 1.165) is 84.5 Å². The number of piperazine rings is 1. The first-order valence-corrected chi connectivity index (χ1v) is 10.6. The van der Waals surface area contributed by atoms with Gasteiger partial charge in [0.1, 0.15) is 0 Å². The summed E-state index contributed by atoms with van der Waals surface area (Å²) in [7, 11) is 1.87. The lowest BCUT2D eigenvalue weighted by atomic mass is 10.1. The summed E-state index contributed by atoms with van der Waals surface area (Å²) in [5, 5.41) is 3.49. The van der Waals surface area contributed by atoms with Gasteiger partial charge in [0.15, 0.2) is 5.96 Å². The van der Waals surface area contributed by atoms with Crippen LogP contribution in [-0.2, 0) is 16.0 Å². The molecule has 1 N–H and O–H groups in total. The van der Waals surface area contributed by atoms with Crippen molar-refractivity contribution in [1.82, 2.24) is 15.1 Å². The highest BCUT2D eigenvalue weighted by molar-refractivity contribution is 14.0. The molecular weight excluding hydrogens is 479 g/mol. The lowest BCUT2D eigenvalue weighted by Crippen LogP contribution is -2.52. The third-order valence-electron chi connectivity index (χ3n) is 5.50. The molecule has 3 rings (SSSR count). The van der Waals surface area contributed by atoms with Crippen molar-refractivity contribution in [2.24, 2.45) is 10.9 Å². The summed E-state index contributed by atoms with van der Waals surface area (Å²) >= 11 is 0. The molecule has 1 unspecified atom stereocenters. The Bertz CT molecular complexity index is 615. The van der Waals surface area contributed by atoms with E-state index >= 15 is 0 Å². The van der Waals surface area contributed by atoms with Crippen molar-refractivity contribution in [1.29, 1.82) is 0 Å². The smallest absolute Gasteiger partial charge is 0.193 e. The molecule has 2 saturated heterocycles. The Balaban J connectivity index is 0.00000300. The Morgan fingerprint density at radius 3 is 2.79 bits per heavy atom. The molecule has 1 aromatic rings. The molecule has 0 aromatic heterocycles. The number of halogens is 1. The molecule has 7 heteroatoms. The molecule has 164 valence electrons. The molecule has 0 aliphatic carbocycles. The van der Waals surface area contributed by atoms with E-state index in [-0.39, 0.29) is 24.0 Å². The van der Waals surface area contributed by atoms with Crippen molar-refractivity contribution in [3.63, 3.8) is 0 Å². The predicted molar refractivity (Wildman–Crippen MR) is 129 cm³/mol. The van der Waals surface area contributed by atoms with Crippen molar-refractivity contribution in [2.45, 2.75) is 26.3 Å². The van der Waals surface area contributed by atoms with E-state index in [4.69, 9.17) is 9.47 Å². The first-order chi connectivity index (χ1) is 13.7. The van der Waals surface area contributed by atoms with E-state index < -0.39 is 0 Å². The van der Waals surface area contributed by atoms with Gasteiger partial charge in [-0.2, -0.15) is 0 Å². The van der Waals surface area contributed by atoms with Gasteiger partial charge in [-0.1, -0.05) is 29.8 Å². The van der Waals surface area contributed by atoms with E-state index in [1.807, 2.05) is 7.05 Å². The summed E-state index contributed by atoms with van der Waals surface area (Å²) in [6, 6.07) is 8.82. The summed E-state index contributed by atoms with van der Waals surface area (Å²) in [6.07, 6.45) is 2.14. The number of aryl methyl sites for hydroxylation is 1. The molecule has 0 spiro atoms. The molecule has 0 saturated carbocycles. The van der Waals surface area contributed by atoms with E-state index in [9.17, 15) is 0 Å². The van der Waals surface area contributed by atoms with Crippen LogP contribution in [0, 0.1) is 12.8 Å². The lowest BCUT2D eigenvalue weighted by molar-refractivity contribution is 0.0886. The average Bonchev–Trinajstić information content (AvgIpc) is 3.22. The second-order valence-corrected chi connectivity index (χ2v) is 7.88. The van der Waals surface area contributed by atoms with Gasteiger partial charge in [-0.15, -0.1) is 24.0 Å². The second-order valence-electron chi connectivity index (χ2n) is 7.88. The van der Waals surface area contributed by atoms with Crippen LogP contribution in [-0.4, -0.2) is 82.0 Å². The molecule has 2 heterocycles. The average molecular weight is 516 g/mol. The molecular formula is C22H37IN4O2. The number of hydrogen-bond acceptors (Lipinski definition) is 4. The number of nitrogens with zero attached hydrogens (tertiary/aromatic N) is 3. The number of hydrogen-bond donors (Lipinski definition) is 1. The zero-order valence-electron chi connectivity index (χ0n) is 17.9. The zero-order chi connectivity index (χ0) is 19.6. The number of nitrogens with one attached hydrogen (secondary N) is 1. The Morgan fingerprint density at radius 2 is 2.10 bits per heavy atom. The summed E-state index contributed by atoms with van der Waals surface area (Å²) in [5.41, 5.74) is 2.74. The number of ether oxygens (including phenoxy) is 2. The summed E-state index contributed by atoms with van der Waals surface area (Å²) in [6.45, 7) is 11.6. The van der Waals surface area contributed by atoms with Crippen LogP contribution >= 0.6 is 24.0 Å². The second kappa shape index (κ2) is 13.4. The molecule has 2 fully saturated rings. The minimum atomic E-state index is 0. The molecule has 1 aromatic carbocycles. The Kier molecular flexibility index (Phi) is 11.3. The molecule has 0 radical (unpaired) electrons. The maximum absolute atomic E-state index is 5.78. The number of guanidine groups is 1. The highest BCUT2D eigenvalue weighted by Crippen LogP contribution is 2.12. The fourth-order valence-corrected chi connectivity index (χ4v) is 3.86. The maximum Gasteiger partial charge on any atom is 0.193 e. The highest BCUT2D eigenvalue weighted by Gasteiger charge is 2.19. The van der Waals surface area contributed by atoms with Crippen LogP contribution in [0.15, 0.2) is 29.3 Å². The van der Waals surface area contributed by atoms with Gasteiger partial charge in [-0.05, 0) is 25.3 Å². The largest absolute Gasteiger partial charge is 0.381 e. The van der Waals surface area contributed by atoms with Crippen LogP contribution in [0.5, 0.6) is 0 Å². The maximum atomic E-state index is 5.78. The van der Waals surface area contributed by atoms with E-state index in [1.54, 1.807) is 0 Å². The van der Waals surface area contributed by atoms with E-state index in [0.29, 0.717) is 5.92 Å². The molecule has 0 amide bonds. The van der Waals surface area contributed by atoms with Crippen molar-refractivity contribution in [3.05, 3.63) is 35.4 Å². The zero-order valence-corrected chi connectivity index (χ0v) is 20.3. The summed E-state index contributed by atoms with van der Waals surface area (Å²) in [5.74, 6) is 1.61. The number of aliphatic imine (C=N–C) groups is 1. The van der Waals surface area contributed by atoms with Gasteiger partial charge < -0.3 is 19.7 Å². The summed E-state index contributed by atoms with van der Waals surface area (Å²) < 4.78 is 11.2. The Morgan fingerprint density at radius 1 is 1.28 bits per heavy atom. The lowest BCUT2D eigenvalue weighted by Gasteiger charge is -2.36. The minimum Gasteiger partial charge on any atom is -0.381 e. The first-order valence-electron chi connectivity index (χ1n) is 10.6. The molecule has 29 heavy (non-hydrogen) atoms. The van der Waals surface area contributed by atoms with Gasteiger partial charge in [-0.3, -0.25) is 9.89 Å². The minimum absolute atomic E-state index is 0. The van der Waals surface area contributed by atoms with Gasteiger partial charge in [0, 0.05) is 65.4 Å². The van der Waals surface area contributed by atoms with Crippen LogP contribution in [0.2, 0.25) is 0 Å². The molecule has 6 nitrogen and oxygen atoms in total. The van der Waals surface area contributed by atoms with Gasteiger partial charge in [-0.25, -0.2) is 0 Å². The van der Waals surface area contributed by atoms with Crippen molar-refractivity contribution in [3.8, 4) is 0 Å². The molecule has 2 aliphatic rings. The topological polar surface area (TPSA) is 49.3 Å². The molecule has 1 atom stereocenters. The molecule has 2 aliphatic heterocycles. The van der Waals surface area contributed by atoms with E-state index in [2.05, 4.69) is 51.3 Å². The van der Waals surface area contributed by atoms with Gasteiger partial charge in [0.2, 0.25) is 0 Å². The van der Waals surface area contributed by atoms with Crippen LogP contribution in [0.4, 0.5) is 0 Å². The van der Waals surface area contributed by atoms with Crippen molar-refractivity contribution < 1.29 is 9.47 Å². The SMILES string of the molecule is CN=C(NCCCOCC1CCOC1)N1CCN(Cc2cccc(C)c2)CC1.I. The van der Waals surface area contributed by atoms with E-state index in [1.165, 1.54) is 11.1 Å². The van der Waals surface area contributed by atoms with Crippen LogP contribution < -0.4 is 5.32 Å². The fraction of sp³-hybridized carbons (Fsp3) is 0.682. The third kappa shape index (κ3) is 8.39. The van der Waals surface area contributed by atoms with Crippen molar-refractivity contribution in [2.75, 3.05) is 66.2 Å². The predicted octanol–water partition coefficient (Wildman–Crippen LogP) is 2.75. The number of benzene rings is 1. The summed E-state index contributed by atoms with van der Waals surface area (Å²) in [4.78, 5) is 9.36. The van der Waals surface area contributed by atoms with Crippen LogP contribution in [0.1, 0.15) is 24.0 Å². The fourth-order valence-electron chi connectivity index (χ4n) is 3.86. The normalized spacial score (nSPS) is 20.6. The van der Waals surface area contributed by atoms with Gasteiger partial charge >= 0.3 is 0 Å². The highest BCUT2D eigenvalue weighted by atomic mass is 127. The van der Waals surface area contributed by atoms with Gasteiger partial charge in [0.25, 0.3) is 0 Å². The Labute approximate surface area is 193 Å². The first kappa shape index (κ1) is 24.4. The Hall–Kier alpha value is -0.900. The third-order valence-corrected chi connectivity index (χ3v) is 5.50. The standard InChI is InChI=1S/C22H36N4O2.HI/c1-19-5-3-6-20(15-19)16-25-9-11-26(12-10-25)22(23-2)24-8-4-13-27-17-21-7-14-28-18-21;/h3,5-6,15,21H,4,7-14,16-18H2,1-2H3,(H,23,24);1H. The monoisotopic (exact) mass is 516 g/mol.